The molecular weight excluding hydrogens is 276 g/mol. The lowest BCUT2D eigenvalue weighted by Gasteiger charge is -2.18. The minimum atomic E-state index is -0.795. The number of hydrogen-bond acceptors (Lipinski definition) is 6. The van der Waals surface area contributed by atoms with Crippen molar-refractivity contribution in [1.82, 2.24) is 0 Å². The predicted molar refractivity (Wildman–Crippen MR) is 76.5 cm³/mol. The molecule has 0 heterocycles. The van der Waals surface area contributed by atoms with Gasteiger partial charge in [-0.05, 0) is 26.7 Å². The van der Waals surface area contributed by atoms with Gasteiger partial charge in [0.2, 0.25) is 0 Å². The molecule has 0 bridgehead atoms. The summed E-state index contributed by atoms with van der Waals surface area (Å²) >= 11 is 0. The smallest absolute Gasteiger partial charge is 0.309 e. The molecule has 0 fully saturated rings. The summed E-state index contributed by atoms with van der Waals surface area (Å²) in [7, 11) is 0. The minimum absolute atomic E-state index is 0.118. The third-order valence-electron chi connectivity index (χ3n) is 2.40. The maximum atomic E-state index is 11.6. The maximum absolute atomic E-state index is 11.6. The highest BCUT2D eigenvalue weighted by molar-refractivity contribution is 5.73. The van der Waals surface area contributed by atoms with E-state index in [4.69, 9.17) is 14.2 Å². The van der Waals surface area contributed by atoms with E-state index in [1.54, 1.807) is 13.8 Å². The van der Waals surface area contributed by atoms with Gasteiger partial charge in [0, 0.05) is 12.8 Å². The van der Waals surface area contributed by atoms with Crippen molar-refractivity contribution >= 4 is 17.9 Å². The van der Waals surface area contributed by atoms with Gasteiger partial charge in [0.15, 0.2) is 0 Å². The van der Waals surface area contributed by atoms with Crippen LogP contribution in [0.15, 0.2) is 0 Å². The van der Waals surface area contributed by atoms with Crippen molar-refractivity contribution in [3.63, 3.8) is 0 Å². The zero-order valence-corrected chi connectivity index (χ0v) is 13.3. The van der Waals surface area contributed by atoms with E-state index >= 15 is 0 Å². The molecule has 0 aromatic carbocycles. The maximum Gasteiger partial charge on any atom is 0.309 e. The van der Waals surface area contributed by atoms with Gasteiger partial charge in [-0.3, -0.25) is 14.4 Å². The van der Waals surface area contributed by atoms with Crippen LogP contribution in [0.4, 0.5) is 0 Å². The first-order valence-corrected chi connectivity index (χ1v) is 7.43. The van der Waals surface area contributed by atoms with Crippen LogP contribution in [0.5, 0.6) is 0 Å². The molecular formula is C15H26O6. The third-order valence-corrected chi connectivity index (χ3v) is 2.40. The van der Waals surface area contributed by atoms with Crippen LogP contribution in [0.25, 0.3) is 0 Å². The highest BCUT2D eigenvalue weighted by Crippen LogP contribution is 2.07. The van der Waals surface area contributed by atoms with Crippen molar-refractivity contribution < 1.29 is 28.6 Å². The molecule has 6 heteroatoms. The Balaban J connectivity index is 4.42. The first kappa shape index (κ1) is 19.4. The van der Waals surface area contributed by atoms with E-state index in [0.717, 1.165) is 0 Å². The summed E-state index contributed by atoms with van der Waals surface area (Å²) in [6.07, 6.45) is 0.729. The van der Waals surface area contributed by atoms with Crippen LogP contribution in [0, 0.1) is 0 Å². The lowest BCUT2D eigenvalue weighted by Crippen LogP contribution is -2.29. The number of hydrogen-bond donors (Lipinski definition) is 0. The predicted octanol–water partition coefficient (Wildman–Crippen LogP) is 2.38. The Morgan fingerprint density at radius 1 is 0.857 bits per heavy atom. The lowest BCUT2D eigenvalue weighted by molar-refractivity contribution is -0.165. The molecule has 1 unspecified atom stereocenters. The Labute approximate surface area is 126 Å². The van der Waals surface area contributed by atoms with Gasteiger partial charge in [-0.15, -0.1) is 0 Å². The average Bonchev–Trinajstić information content (AvgIpc) is 2.35. The van der Waals surface area contributed by atoms with Gasteiger partial charge >= 0.3 is 17.9 Å². The van der Waals surface area contributed by atoms with Gasteiger partial charge in [-0.2, -0.15) is 0 Å². The summed E-state index contributed by atoms with van der Waals surface area (Å²) in [5, 5.41) is 0. The summed E-state index contributed by atoms with van der Waals surface area (Å²) in [6.45, 7) is 7.06. The number of rotatable bonds is 10. The molecule has 0 N–H and O–H groups in total. The summed E-state index contributed by atoms with van der Waals surface area (Å²) < 4.78 is 15.2. The molecule has 0 aliphatic rings. The molecule has 0 aromatic heterocycles. The van der Waals surface area contributed by atoms with Crippen LogP contribution >= 0.6 is 0 Å². The Morgan fingerprint density at radius 3 is 1.95 bits per heavy atom. The van der Waals surface area contributed by atoms with Crippen LogP contribution in [-0.4, -0.2) is 36.7 Å². The molecule has 122 valence electrons. The number of carbonyl (C=O) groups excluding carboxylic acids is 3. The van der Waals surface area contributed by atoms with E-state index in [9.17, 15) is 14.4 Å². The van der Waals surface area contributed by atoms with Gasteiger partial charge in [0.1, 0.15) is 12.7 Å². The normalized spacial score (nSPS) is 11.9. The SMILES string of the molecule is CCCC(=O)OCC(CC(=O)OC(C)C)OC(=O)CCC. The molecule has 0 aliphatic heterocycles. The van der Waals surface area contributed by atoms with Crippen molar-refractivity contribution in [3.05, 3.63) is 0 Å². The molecule has 0 aromatic rings. The first-order valence-electron chi connectivity index (χ1n) is 7.43. The zero-order chi connectivity index (χ0) is 16.3. The molecule has 0 spiro atoms. The largest absolute Gasteiger partial charge is 0.463 e. The Bertz CT molecular complexity index is 337. The summed E-state index contributed by atoms with van der Waals surface area (Å²) in [6, 6.07) is 0. The number of carbonyl (C=O) groups is 3. The molecule has 0 aliphatic carbocycles. The summed E-state index contributed by atoms with van der Waals surface area (Å²) in [4.78, 5) is 34.5. The lowest BCUT2D eigenvalue weighted by atomic mass is 10.2. The Kier molecular flexibility index (Phi) is 10.3. The highest BCUT2D eigenvalue weighted by Gasteiger charge is 2.21. The van der Waals surface area contributed by atoms with E-state index in [1.807, 2.05) is 13.8 Å². The molecule has 0 amide bonds. The third kappa shape index (κ3) is 10.8. The van der Waals surface area contributed by atoms with Gasteiger partial charge in [0.25, 0.3) is 0 Å². The summed E-state index contributed by atoms with van der Waals surface area (Å²) in [5.74, 6) is -1.26. The molecule has 6 nitrogen and oxygen atoms in total. The average molecular weight is 302 g/mol. The molecule has 0 radical (unpaired) electrons. The van der Waals surface area contributed by atoms with Crippen LogP contribution in [0.1, 0.15) is 59.8 Å². The van der Waals surface area contributed by atoms with Crippen LogP contribution in [0.3, 0.4) is 0 Å². The monoisotopic (exact) mass is 302 g/mol. The molecule has 0 rings (SSSR count). The molecule has 21 heavy (non-hydrogen) atoms. The van der Waals surface area contributed by atoms with Gasteiger partial charge < -0.3 is 14.2 Å². The van der Waals surface area contributed by atoms with Gasteiger partial charge in [0.05, 0.1) is 12.5 Å². The van der Waals surface area contributed by atoms with Crippen molar-refractivity contribution in [2.45, 2.75) is 72.0 Å². The van der Waals surface area contributed by atoms with Crippen LogP contribution < -0.4 is 0 Å². The molecule has 0 saturated heterocycles. The second-order valence-corrected chi connectivity index (χ2v) is 5.04. The number of esters is 3. The van der Waals surface area contributed by atoms with Crippen molar-refractivity contribution in [1.29, 1.82) is 0 Å². The van der Waals surface area contributed by atoms with Gasteiger partial charge in [-0.25, -0.2) is 0 Å². The molecule has 1 atom stereocenters. The van der Waals surface area contributed by atoms with E-state index < -0.39 is 18.0 Å². The second-order valence-electron chi connectivity index (χ2n) is 5.04. The number of ether oxygens (including phenoxy) is 3. The topological polar surface area (TPSA) is 78.9 Å². The minimum Gasteiger partial charge on any atom is -0.463 e. The first-order chi connectivity index (χ1) is 9.88. The summed E-state index contributed by atoms with van der Waals surface area (Å²) in [5.41, 5.74) is 0. The quantitative estimate of drug-likeness (QED) is 0.455. The second kappa shape index (κ2) is 11.1. The Morgan fingerprint density at radius 2 is 1.43 bits per heavy atom. The Hall–Kier alpha value is -1.59. The standard InChI is InChI=1S/C15H26O6/c1-5-7-13(16)19-10-12(21-14(17)8-6-2)9-15(18)20-11(3)4/h11-12H,5-10H2,1-4H3. The van der Waals surface area contributed by atoms with Crippen molar-refractivity contribution in [2.75, 3.05) is 6.61 Å². The van der Waals surface area contributed by atoms with E-state index in [2.05, 4.69) is 0 Å². The van der Waals surface area contributed by atoms with E-state index in [-0.39, 0.29) is 31.5 Å². The fourth-order valence-corrected chi connectivity index (χ4v) is 1.54. The molecule has 0 saturated carbocycles. The van der Waals surface area contributed by atoms with Crippen molar-refractivity contribution in [2.24, 2.45) is 0 Å². The van der Waals surface area contributed by atoms with Gasteiger partial charge in [-0.1, -0.05) is 13.8 Å². The highest BCUT2D eigenvalue weighted by atomic mass is 16.6. The fourth-order valence-electron chi connectivity index (χ4n) is 1.54. The van der Waals surface area contributed by atoms with Crippen molar-refractivity contribution in [3.8, 4) is 0 Å². The van der Waals surface area contributed by atoms with E-state index in [1.165, 1.54) is 0 Å². The zero-order valence-electron chi connectivity index (χ0n) is 13.3. The van der Waals surface area contributed by atoms with E-state index in [0.29, 0.717) is 19.3 Å². The van der Waals surface area contributed by atoms with Crippen LogP contribution in [-0.2, 0) is 28.6 Å². The fraction of sp³-hybridized carbons (Fsp3) is 0.800. The van der Waals surface area contributed by atoms with Crippen LogP contribution in [0.2, 0.25) is 0 Å².